The minimum absolute atomic E-state index is 0.507. The van der Waals surface area contributed by atoms with Gasteiger partial charge in [-0.1, -0.05) is 42.5 Å². The van der Waals surface area contributed by atoms with Crippen LogP contribution < -0.4 is 0 Å². The van der Waals surface area contributed by atoms with Gasteiger partial charge in [0.2, 0.25) is 0 Å². The summed E-state index contributed by atoms with van der Waals surface area (Å²) in [7, 11) is 0. The summed E-state index contributed by atoms with van der Waals surface area (Å²) in [6, 6.07) is 9.54. The standard InChI is InChI=1S/C17H22N4O2/c1-2-9-21-12-15(18-19-21)11-20-10-8-17(13-20,16(22)23)14-6-4-3-5-7-14/h3-7,12H,2,8-11,13H2,1H3,(H,22,23). The van der Waals surface area contributed by atoms with Gasteiger partial charge in [0.25, 0.3) is 0 Å². The van der Waals surface area contributed by atoms with Crippen LogP contribution in [0.4, 0.5) is 0 Å². The van der Waals surface area contributed by atoms with Crippen LogP contribution in [0.25, 0.3) is 0 Å². The lowest BCUT2D eigenvalue weighted by Crippen LogP contribution is -2.38. The molecule has 0 spiro atoms. The Labute approximate surface area is 135 Å². The lowest BCUT2D eigenvalue weighted by molar-refractivity contribution is -0.143. The van der Waals surface area contributed by atoms with Crippen molar-refractivity contribution in [3.63, 3.8) is 0 Å². The normalized spacial score (nSPS) is 21.6. The Bertz CT molecular complexity index is 670. The van der Waals surface area contributed by atoms with Crippen molar-refractivity contribution in [2.75, 3.05) is 13.1 Å². The second-order valence-electron chi connectivity index (χ2n) is 6.19. The van der Waals surface area contributed by atoms with Gasteiger partial charge in [-0.2, -0.15) is 0 Å². The van der Waals surface area contributed by atoms with Crippen LogP contribution in [-0.4, -0.2) is 44.1 Å². The van der Waals surface area contributed by atoms with Crippen LogP contribution in [0, 0.1) is 0 Å². The third-order valence-electron chi connectivity index (χ3n) is 4.51. The fourth-order valence-electron chi connectivity index (χ4n) is 3.29. The average Bonchev–Trinajstić information content (AvgIpc) is 3.17. The maximum absolute atomic E-state index is 12.0. The lowest BCUT2D eigenvalue weighted by atomic mass is 9.80. The number of hydrogen-bond acceptors (Lipinski definition) is 4. The number of carboxylic acids is 1. The zero-order valence-corrected chi connectivity index (χ0v) is 13.4. The third-order valence-corrected chi connectivity index (χ3v) is 4.51. The number of hydrogen-bond donors (Lipinski definition) is 1. The molecule has 23 heavy (non-hydrogen) atoms. The van der Waals surface area contributed by atoms with E-state index in [1.807, 2.05) is 41.2 Å². The Morgan fingerprint density at radius 2 is 2.13 bits per heavy atom. The molecule has 1 atom stereocenters. The molecule has 1 aliphatic heterocycles. The van der Waals surface area contributed by atoms with Gasteiger partial charge >= 0.3 is 5.97 Å². The molecule has 0 aliphatic carbocycles. The smallest absolute Gasteiger partial charge is 0.315 e. The first-order chi connectivity index (χ1) is 11.1. The Balaban J connectivity index is 1.74. The molecule has 0 saturated carbocycles. The van der Waals surface area contributed by atoms with Crippen LogP contribution in [-0.2, 0) is 23.3 Å². The van der Waals surface area contributed by atoms with E-state index in [4.69, 9.17) is 0 Å². The second kappa shape index (κ2) is 6.50. The maximum atomic E-state index is 12.0. The summed E-state index contributed by atoms with van der Waals surface area (Å²) in [6.45, 7) is 4.86. The number of nitrogens with zero attached hydrogens (tertiary/aromatic N) is 4. The minimum atomic E-state index is -0.819. The van der Waals surface area contributed by atoms with Crippen LogP contribution in [0.15, 0.2) is 36.5 Å². The van der Waals surface area contributed by atoms with E-state index in [0.29, 0.717) is 19.5 Å². The molecule has 1 fully saturated rings. The van der Waals surface area contributed by atoms with E-state index in [9.17, 15) is 9.90 Å². The molecule has 1 N–H and O–H groups in total. The Morgan fingerprint density at radius 3 is 2.83 bits per heavy atom. The molecule has 1 saturated heterocycles. The molecule has 6 nitrogen and oxygen atoms in total. The van der Waals surface area contributed by atoms with E-state index in [0.717, 1.165) is 30.8 Å². The molecular weight excluding hydrogens is 292 g/mol. The summed E-state index contributed by atoms with van der Waals surface area (Å²) in [6.07, 6.45) is 3.59. The predicted octanol–water partition coefficient (Wildman–Crippen LogP) is 1.92. The van der Waals surface area contributed by atoms with Gasteiger partial charge in [-0.25, -0.2) is 0 Å². The largest absolute Gasteiger partial charge is 0.481 e. The maximum Gasteiger partial charge on any atom is 0.315 e. The highest BCUT2D eigenvalue weighted by Gasteiger charge is 2.46. The van der Waals surface area contributed by atoms with Crippen molar-refractivity contribution >= 4 is 5.97 Å². The zero-order chi connectivity index (χ0) is 16.3. The van der Waals surface area contributed by atoms with Gasteiger partial charge in [-0.05, 0) is 18.4 Å². The summed E-state index contributed by atoms with van der Waals surface area (Å²) in [5.74, 6) is -0.749. The van der Waals surface area contributed by atoms with Crippen molar-refractivity contribution in [2.45, 2.75) is 38.3 Å². The summed E-state index contributed by atoms with van der Waals surface area (Å²) >= 11 is 0. The molecular formula is C17H22N4O2. The summed E-state index contributed by atoms with van der Waals surface area (Å²) in [5, 5.41) is 18.1. The number of carbonyl (C=O) groups is 1. The predicted molar refractivity (Wildman–Crippen MR) is 86.0 cm³/mol. The second-order valence-corrected chi connectivity index (χ2v) is 6.19. The molecule has 2 aromatic rings. The molecule has 122 valence electrons. The van der Waals surface area contributed by atoms with Gasteiger partial charge in [0.1, 0.15) is 5.41 Å². The molecule has 6 heteroatoms. The van der Waals surface area contributed by atoms with Crippen LogP contribution in [0.2, 0.25) is 0 Å². The monoisotopic (exact) mass is 314 g/mol. The molecule has 0 bridgehead atoms. The molecule has 0 amide bonds. The van der Waals surface area contributed by atoms with Crippen molar-refractivity contribution in [3.8, 4) is 0 Å². The first-order valence-electron chi connectivity index (χ1n) is 8.04. The third kappa shape index (κ3) is 3.12. The van der Waals surface area contributed by atoms with Crippen molar-refractivity contribution < 1.29 is 9.90 Å². The topological polar surface area (TPSA) is 71.2 Å². The molecule has 0 radical (unpaired) electrons. The van der Waals surface area contributed by atoms with E-state index >= 15 is 0 Å². The fourth-order valence-corrected chi connectivity index (χ4v) is 3.29. The van der Waals surface area contributed by atoms with Gasteiger partial charge in [0.05, 0.1) is 5.69 Å². The van der Waals surface area contributed by atoms with Crippen molar-refractivity contribution in [1.29, 1.82) is 0 Å². The molecule has 1 aromatic carbocycles. The Hall–Kier alpha value is -2.21. The molecule has 2 heterocycles. The van der Waals surface area contributed by atoms with Crippen molar-refractivity contribution in [3.05, 3.63) is 47.8 Å². The quantitative estimate of drug-likeness (QED) is 0.882. The number of carboxylic acid groups (broad SMARTS) is 1. The highest BCUT2D eigenvalue weighted by molar-refractivity contribution is 5.82. The summed E-state index contributed by atoms with van der Waals surface area (Å²) in [4.78, 5) is 14.1. The lowest BCUT2D eigenvalue weighted by Gasteiger charge is -2.25. The average molecular weight is 314 g/mol. The highest BCUT2D eigenvalue weighted by Crippen LogP contribution is 2.35. The van der Waals surface area contributed by atoms with Crippen LogP contribution in [0.1, 0.15) is 31.0 Å². The van der Waals surface area contributed by atoms with Crippen LogP contribution in [0.3, 0.4) is 0 Å². The first-order valence-corrected chi connectivity index (χ1v) is 8.04. The highest BCUT2D eigenvalue weighted by atomic mass is 16.4. The first kappa shape index (κ1) is 15.7. The molecule has 3 rings (SSSR count). The minimum Gasteiger partial charge on any atom is -0.481 e. The summed E-state index contributed by atoms with van der Waals surface area (Å²) in [5.41, 5.74) is 0.957. The van der Waals surface area contributed by atoms with Gasteiger partial charge < -0.3 is 5.11 Å². The SMILES string of the molecule is CCCn1cc(CN2CCC(C(=O)O)(c3ccccc3)C2)nn1. The van der Waals surface area contributed by atoms with Crippen LogP contribution in [0.5, 0.6) is 0 Å². The summed E-state index contributed by atoms with van der Waals surface area (Å²) < 4.78 is 1.84. The number of likely N-dealkylation sites (tertiary alicyclic amines) is 1. The zero-order valence-electron chi connectivity index (χ0n) is 13.4. The van der Waals surface area contributed by atoms with Crippen LogP contribution >= 0.6 is 0 Å². The fraction of sp³-hybridized carbons (Fsp3) is 0.471. The van der Waals surface area contributed by atoms with Gasteiger partial charge in [0.15, 0.2) is 0 Å². The number of rotatable bonds is 6. The number of benzene rings is 1. The molecule has 1 aromatic heterocycles. The van der Waals surface area contributed by atoms with E-state index in [1.54, 1.807) is 0 Å². The van der Waals surface area contributed by atoms with Crippen molar-refractivity contribution in [2.24, 2.45) is 0 Å². The number of aryl methyl sites for hydroxylation is 1. The van der Waals surface area contributed by atoms with Crippen molar-refractivity contribution in [1.82, 2.24) is 19.9 Å². The van der Waals surface area contributed by atoms with Gasteiger partial charge in [-0.15, -0.1) is 5.10 Å². The van der Waals surface area contributed by atoms with E-state index in [2.05, 4.69) is 22.1 Å². The molecule has 1 unspecified atom stereocenters. The molecule has 1 aliphatic rings. The Morgan fingerprint density at radius 1 is 1.35 bits per heavy atom. The van der Waals surface area contributed by atoms with E-state index < -0.39 is 11.4 Å². The van der Waals surface area contributed by atoms with E-state index in [1.165, 1.54) is 0 Å². The number of aliphatic carboxylic acids is 1. The number of aromatic nitrogens is 3. The Kier molecular flexibility index (Phi) is 4.43. The van der Waals surface area contributed by atoms with Gasteiger partial charge in [-0.3, -0.25) is 14.4 Å². The van der Waals surface area contributed by atoms with Gasteiger partial charge in [0, 0.05) is 32.4 Å². The van der Waals surface area contributed by atoms with E-state index in [-0.39, 0.29) is 0 Å².